The normalized spacial score (nSPS) is 19.0. The highest BCUT2D eigenvalue weighted by molar-refractivity contribution is 7.92. The summed E-state index contributed by atoms with van der Waals surface area (Å²) in [4.78, 5) is 14.3. The third-order valence-electron chi connectivity index (χ3n) is 7.30. The van der Waals surface area contributed by atoms with Crippen molar-refractivity contribution >= 4 is 50.4 Å². The van der Waals surface area contributed by atoms with E-state index in [9.17, 15) is 22.7 Å². The van der Waals surface area contributed by atoms with Gasteiger partial charge in [-0.3, -0.25) is 0 Å². The van der Waals surface area contributed by atoms with Crippen molar-refractivity contribution in [3.05, 3.63) is 46.2 Å². The molecule has 1 aliphatic heterocycles. The minimum atomic E-state index is -3.95. The molecule has 2 aliphatic rings. The number of piperidine rings is 1. The topological polar surface area (TPSA) is 98.7 Å². The predicted octanol–water partition coefficient (Wildman–Crippen LogP) is 5.91. The standard InChI is InChI=1S/C24H28Cl2FN3O4S/c1-30-13-11-24(12-14-30)9-7-15(8-10-24)35(33,34)22-16(25)5-6-19(21(22)31)29-23(32)28-18-4-2-3-17(27)20(18)26/h2-6,15,31H,7-14H2,1H3,(H2,28,29,32). The van der Waals surface area contributed by atoms with Crippen molar-refractivity contribution in [2.75, 3.05) is 30.8 Å². The second-order valence-corrected chi connectivity index (χ2v) is 12.5. The molecule has 0 atom stereocenters. The average Bonchev–Trinajstić information content (AvgIpc) is 2.81. The molecule has 2 amide bonds. The zero-order valence-corrected chi connectivity index (χ0v) is 21.6. The van der Waals surface area contributed by atoms with E-state index in [1.165, 1.54) is 24.3 Å². The summed E-state index contributed by atoms with van der Waals surface area (Å²) in [6.07, 6.45) is 4.75. The van der Waals surface area contributed by atoms with E-state index in [2.05, 4.69) is 22.6 Å². The van der Waals surface area contributed by atoms with Gasteiger partial charge in [0.2, 0.25) is 0 Å². The van der Waals surface area contributed by atoms with E-state index in [0.29, 0.717) is 12.8 Å². The van der Waals surface area contributed by atoms with Gasteiger partial charge in [0.1, 0.15) is 10.7 Å². The van der Waals surface area contributed by atoms with E-state index in [1.54, 1.807) is 0 Å². The van der Waals surface area contributed by atoms with Crippen LogP contribution < -0.4 is 10.6 Å². The number of likely N-dealkylation sites (tertiary alicyclic amines) is 1. The number of benzene rings is 2. The van der Waals surface area contributed by atoms with Gasteiger partial charge in [-0.1, -0.05) is 29.3 Å². The first-order valence-corrected chi connectivity index (χ1v) is 13.8. The van der Waals surface area contributed by atoms with Crippen LogP contribution in [0.1, 0.15) is 38.5 Å². The van der Waals surface area contributed by atoms with E-state index < -0.39 is 32.7 Å². The Labute approximate surface area is 214 Å². The molecule has 0 aromatic heterocycles. The molecule has 1 saturated carbocycles. The molecule has 11 heteroatoms. The number of sulfone groups is 1. The Balaban J connectivity index is 1.51. The van der Waals surface area contributed by atoms with Gasteiger partial charge in [-0.15, -0.1) is 0 Å². The third kappa shape index (κ3) is 5.38. The zero-order valence-electron chi connectivity index (χ0n) is 19.3. The number of nitrogens with zero attached hydrogens (tertiary/aromatic N) is 1. The van der Waals surface area contributed by atoms with E-state index >= 15 is 0 Å². The van der Waals surface area contributed by atoms with Crippen LogP contribution in [0, 0.1) is 11.2 Å². The minimum Gasteiger partial charge on any atom is -0.504 e. The Hall–Kier alpha value is -2.07. The summed E-state index contributed by atoms with van der Waals surface area (Å²) in [5, 5.41) is 14.6. The van der Waals surface area contributed by atoms with Gasteiger partial charge in [-0.05, 0) is 88.3 Å². The summed E-state index contributed by atoms with van der Waals surface area (Å²) in [5.74, 6) is -1.33. The molecule has 0 unspecified atom stereocenters. The molecular formula is C24H28Cl2FN3O4S. The van der Waals surface area contributed by atoms with Crippen molar-refractivity contribution in [1.82, 2.24) is 4.90 Å². The van der Waals surface area contributed by atoms with Gasteiger partial charge in [-0.25, -0.2) is 17.6 Å². The number of carbonyl (C=O) groups excluding carboxylic acids is 1. The Kier molecular flexibility index (Phi) is 7.52. The summed E-state index contributed by atoms with van der Waals surface area (Å²) in [6, 6.07) is 5.72. The molecule has 2 aromatic carbocycles. The zero-order chi connectivity index (χ0) is 25.4. The third-order valence-corrected chi connectivity index (χ3v) is 10.4. The van der Waals surface area contributed by atoms with Crippen LogP contribution in [0.2, 0.25) is 10.0 Å². The van der Waals surface area contributed by atoms with Crippen LogP contribution >= 0.6 is 23.2 Å². The fourth-order valence-corrected chi connectivity index (χ4v) is 7.63. The lowest BCUT2D eigenvalue weighted by molar-refractivity contribution is 0.0816. The molecule has 0 radical (unpaired) electrons. The van der Waals surface area contributed by atoms with Crippen molar-refractivity contribution in [1.29, 1.82) is 0 Å². The quantitative estimate of drug-likeness (QED) is 0.416. The van der Waals surface area contributed by atoms with Gasteiger partial charge in [0.05, 0.1) is 26.7 Å². The highest BCUT2D eigenvalue weighted by Crippen LogP contribution is 2.48. The first-order chi connectivity index (χ1) is 16.5. The second kappa shape index (κ2) is 10.1. The average molecular weight is 544 g/mol. The lowest BCUT2D eigenvalue weighted by Gasteiger charge is -2.45. The number of anilines is 2. The molecule has 4 rings (SSSR count). The van der Waals surface area contributed by atoms with Gasteiger partial charge in [0.25, 0.3) is 0 Å². The lowest BCUT2D eigenvalue weighted by Crippen LogP contribution is -2.42. The molecule has 1 saturated heterocycles. The first-order valence-electron chi connectivity index (χ1n) is 11.5. The number of hydrogen-bond donors (Lipinski definition) is 3. The number of halogens is 3. The van der Waals surface area contributed by atoms with E-state index in [4.69, 9.17) is 23.2 Å². The SMILES string of the molecule is CN1CCC2(CCC(S(=O)(=O)c3c(Cl)ccc(NC(=O)Nc4cccc(F)c4Cl)c3O)CC2)CC1. The predicted molar refractivity (Wildman–Crippen MR) is 136 cm³/mol. The second-order valence-electron chi connectivity index (χ2n) is 9.50. The smallest absolute Gasteiger partial charge is 0.323 e. The molecular weight excluding hydrogens is 516 g/mol. The molecule has 1 aliphatic carbocycles. The number of aromatic hydroxyl groups is 1. The van der Waals surface area contributed by atoms with Crippen LogP contribution in [-0.4, -0.2) is 49.8 Å². The number of phenols is 1. The number of phenolic OH excluding ortho intramolecular Hbond substituents is 1. The summed E-state index contributed by atoms with van der Waals surface area (Å²) >= 11 is 12.1. The van der Waals surface area contributed by atoms with Crippen molar-refractivity contribution in [3.8, 4) is 5.75 Å². The van der Waals surface area contributed by atoms with Gasteiger partial charge in [0.15, 0.2) is 15.6 Å². The van der Waals surface area contributed by atoms with Crippen LogP contribution in [0.3, 0.4) is 0 Å². The number of urea groups is 1. The van der Waals surface area contributed by atoms with E-state index in [0.717, 1.165) is 44.8 Å². The van der Waals surface area contributed by atoms with Crippen LogP contribution in [0.25, 0.3) is 0 Å². The van der Waals surface area contributed by atoms with Crippen LogP contribution in [-0.2, 0) is 9.84 Å². The first kappa shape index (κ1) is 26.0. The van der Waals surface area contributed by atoms with Gasteiger partial charge >= 0.3 is 6.03 Å². The van der Waals surface area contributed by atoms with Gasteiger partial charge in [0, 0.05) is 0 Å². The molecule has 3 N–H and O–H groups in total. The maximum absolute atomic E-state index is 13.6. The molecule has 1 heterocycles. The monoisotopic (exact) mass is 543 g/mol. The van der Waals surface area contributed by atoms with Crippen LogP contribution in [0.4, 0.5) is 20.6 Å². The molecule has 2 fully saturated rings. The number of carbonyl (C=O) groups is 1. The maximum Gasteiger partial charge on any atom is 0.323 e. The number of amides is 2. The van der Waals surface area contributed by atoms with Crippen molar-refractivity contribution in [2.24, 2.45) is 5.41 Å². The number of nitrogens with one attached hydrogen (secondary N) is 2. The summed E-state index contributed by atoms with van der Waals surface area (Å²) < 4.78 is 40.7. The lowest BCUT2D eigenvalue weighted by atomic mass is 9.68. The maximum atomic E-state index is 13.6. The van der Waals surface area contributed by atoms with Crippen molar-refractivity contribution in [2.45, 2.75) is 48.7 Å². The molecule has 190 valence electrons. The van der Waals surface area contributed by atoms with Crippen molar-refractivity contribution in [3.63, 3.8) is 0 Å². The fraction of sp³-hybridized carbons (Fsp3) is 0.458. The minimum absolute atomic E-state index is 0.0236. The van der Waals surface area contributed by atoms with E-state index in [1.807, 2.05) is 0 Å². The summed E-state index contributed by atoms with van der Waals surface area (Å²) in [7, 11) is -1.85. The Bertz CT molecular complexity index is 1220. The van der Waals surface area contributed by atoms with Crippen LogP contribution in [0.15, 0.2) is 35.2 Å². The fourth-order valence-electron chi connectivity index (χ4n) is 5.07. The Morgan fingerprint density at radius 1 is 1.06 bits per heavy atom. The van der Waals surface area contributed by atoms with Crippen LogP contribution in [0.5, 0.6) is 5.75 Å². The largest absolute Gasteiger partial charge is 0.504 e. The van der Waals surface area contributed by atoms with Gasteiger partial charge < -0.3 is 20.6 Å². The highest BCUT2D eigenvalue weighted by atomic mass is 35.5. The molecule has 35 heavy (non-hydrogen) atoms. The molecule has 1 spiro atoms. The Morgan fingerprint density at radius 2 is 1.69 bits per heavy atom. The molecule has 2 aromatic rings. The van der Waals surface area contributed by atoms with Crippen molar-refractivity contribution < 1.29 is 22.7 Å². The highest BCUT2D eigenvalue weighted by Gasteiger charge is 2.42. The summed E-state index contributed by atoms with van der Waals surface area (Å²) in [5.41, 5.74) is 0.0699. The van der Waals surface area contributed by atoms with E-state index in [-0.39, 0.29) is 31.7 Å². The number of hydrogen-bond acceptors (Lipinski definition) is 5. The summed E-state index contributed by atoms with van der Waals surface area (Å²) in [6.45, 7) is 2.03. The number of rotatable bonds is 4. The molecule has 0 bridgehead atoms. The molecule has 7 nitrogen and oxygen atoms in total. The van der Waals surface area contributed by atoms with Gasteiger partial charge in [-0.2, -0.15) is 0 Å². The Morgan fingerprint density at radius 3 is 2.34 bits per heavy atom.